The van der Waals surface area contributed by atoms with Crippen molar-refractivity contribution in [3.05, 3.63) is 51.3 Å². The van der Waals surface area contributed by atoms with Crippen LogP contribution in [0.1, 0.15) is 44.6 Å². The van der Waals surface area contributed by atoms with E-state index in [-0.39, 0.29) is 18.1 Å². The molecule has 0 saturated carbocycles. The fourth-order valence-corrected chi connectivity index (χ4v) is 2.81. The van der Waals surface area contributed by atoms with Gasteiger partial charge in [-0.25, -0.2) is 4.79 Å². The molecule has 0 atom stereocenters. The van der Waals surface area contributed by atoms with E-state index in [9.17, 15) is 9.59 Å². The topological polar surface area (TPSA) is 94.4 Å². The highest BCUT2D eigenvalue weighted by molar-refractivity contribution is 6.32. The van der Waals surface area contributed by atoms with Gasteiger partial charge in [0.15, 0.2) is 5.78 Å². The van der Waals surface area contributed by atoms with Gasteiger partial charge in [-0.2, -0.15) is 0 Å². The first-order chi connectivity index (χ1) is 11.9. The first kappa shape index (κ1) is 19.0. The van der Waals surface area contributed by atoms with E-state index in [1.165, 1.54) is 0 Å². The van der Waals surface area contributed by atoms with E-state index < -0.39 is 5.97 Å². The summed E-state index contributed by atoms with van der Waals surface area (Å²) >= 11 is 6.17. The fourth-order valence-electron chi connectivity index (χ4n) is 2.57. The van der Waals surface area contributed by atoms with Crippen molar-refractivity contribution in [1.29, 1.82) is 0 Å². The molecule has 25 heavy (non-hydrogen) atoms. The maximum Gasteiger partial charge on any atom is 0.355 e. The molecule has 134 valence electrons. The van der Waals surface area contributed by atoms with Gasteiger partial charge in [-0.15, -0.1) is 0 Å². The number of nitrogens with two attached hydrogens (primary N) is 1. The third kappa shape index (κ3) is 4.03. The monoisotopic (exact) mass is 364 g/mol. The van der Waals surface area contributed by atoms with Gasteiger partial charge < -0.3 is 20.2 Å². The van der Waals surface area contributed by atoms with Crippen LogP contribution in [-0.4, -0.2) is 36.5 Å². The molecule has 0 fully saturated rings. The zero-order chi connectivity index (χ0) is 18.6. The molecule has 0 spiro atoms. The average molecular weight is 365 g/mol. The molecular formula is C18H21ClN2O4. The molecule has 0 saturated heterocycles. The highest BCUT2D eigenvalue weighted by Crippen LogP contribution is 2.28. The SMILES string of the molecule is CCOC(=O)c1[nH]c(C)c(C(=O)c2ccc(OCCN)c(Cl)c2)c1C. The molecular weight excluding hydrogens is 344 g/mol. The third-order valence-electron chi connectivity index (χ3n) is 3.71. The van der Waals surface area contributed by atoms with Crippen LogP contribution in [0, 0.1) is 13.8 Å². The number of aromatic nitrogens is 1. The van der Waals surface area contributed by atoms with Gasteiger partial charge >= 0.3 is 5.97 Å². The Morgan fingerprint density at radius 2 is 2.00 bits per heavy atom. The smallest absolute Gasteiger partial charge is 0.355 e. The van der Waals surface area contributed by atoms with Crippen LogP contribution in [0.15, 0.2) is 18.2 Å². The van der Waals surface area contributed by atoms with Crippen molar-refractivity contribution in [2.24, 2.45) is 5.73 Å². The molecule has 0 aliphatic carbocycles. The predicted octanol–water partition coefficient (Wildman–Crippen LogP) is 3.03. The zero-order valence-electron chi connectivity index (χ0n) is 14.4. The van der Waals surface area contributed by atoms with Gasteiger partial charge in [0.25, 0.3) is 0 Å². The number of rotatable bonds is 7. The molecule has 2 rings (SSSR count). The lowest BCUT2D eigenvalue weighted by atomic mass is 9.99. The van der Waals surface area contributed by atoms with E-state index in [0.29, 0.717) is 46.3 Å². The summed E-state index contributed by atoms with van der Waals surface area (Å²) in [5, 5.41) is 0.329. The first-order valence-electron chi connectivity index (χ1n) is 7.94. The number of carbonyl (C=O) groups excluding carboxylic acids is 2. The molecule has 0 radical (unpaired) electrons. The first-order valence-corrected chi connectivity index (χ1v) is 8.31. The van der Waals surface area contributed by atoms with Gasteiger partial charge in [-0.1, -0.05) is 11.6 Å². The van der Waals surface area contributed by atoms with Crippen molar-refractivity contribution in [3.8, 4) is 5.75 Å². The summed E-state index contributed by atoms with van der Waals surface area (Å²) in [4.78, 5) is 27.8. The molecule has 2 aromatic rings. The Morgan fingerprint density at radius 1 is 1.28 bits per heavy atom. The number of carbonyl (C=O) groups is 2. The lowest BCUT2D eigenvalue weighted by Crippen LogP contribution is -2.11. The van der Waals surface area contributed by atoms with E-state index in [1.54, 1.807) is 39.0 Å². The van der Waals surface area contributed by atoms with E-state index in [2.05, 4.69) is 4.98 Å². The summed E-state index contributed by atoms with van der Waals surface area (Å²) < 4.78 is 10.4. The summed E-state index contributed by atoms with van der Waals surface area (Å²) in [6.45, 7) is 6.15. The standard InChI is InChI=1S/C18H21ClN2O4/c1-4-24-18(23)16-10(2)15(11(3)21-16)17(22)12-5-6-14(13(19)9-12)25-8-7-20/h5-6,9,21H,4,7-8,20H2,1-3H3. The van der Waals surface area contributed by atoms with Gasteiger partial charge in [0.2, 0.25) is 0 Å². The maximum absolute atomic E-state index is 12.9. The number of aryl methyl sites for hydroxylation is 1. The Bertz CT molecular complexity index is 799. The van der Waals surface area contributed by atoms with Crippen LogP contribution in [0.3, 0.4) is 0 Å². The second-order valence-corrected chi connectivity index (χ2v) is 5.86. The maximum atomic E-state index is 12.9. The van der Waals surface area contributed by atoms with Crippen LogP contribution in [0.2, 0.25) is 5.02 Å². The van der Waals surface area contributed by atoms with Gasteiger partial charge in [0.1, 0.15) is 18.1 Å². The Balaban J connectivity index is 2.35. The lowest BCUT2D eigenvalue weighted by Gasteiger charge is -2.09. The Labute approximate surface area is 151 Å². The highest BCUT2D eigenvalue weighted by atomic mass is 35.5. The molecule has 1 aromatic carbocycles. The van der Waals surface area contributed by atoms with Crippen LogP contribution in [0.5, 0.6) is 5.75 Å². The Kier molecular flexibility index (Phi) is 6.22. The molecule has 0 aliphatic heterocycles. The number of halogens is 1. The van der Waals surface area contributed by atoms with Crippen LogP contribution < -0.4 is 10.5 Å². The second-order valence-electron chi connectivity index (χ2n) is 5.46. The minimum atomic E-state index is -0.481. The largest absolute Gasteiger partial charge is 0.491 e. The number of hydrogen-bond donors (Lipinski definition) is 2. The summed E-state index contributed by atoms with van der Waals surface area (Å²) in [5.41, 5.74) is 7.69. The zero-order valence-corrected chi connectivity index (χ0v) is 15.2. The number of H-pyrrole nitrogens is 1. The van der Waals surface area contributed by atoms with Gasteiger partial charge in [-0.05, 0) is 44.5 Å². The summed E-state index contributed by atoms with van der Waals surface area (Å²) in [6.07, 6.45) is 0. The van der Waals surface area contributed by atoms with E-state index >= 15 is 0 Å². The molecule has 0 unspecified atom stereocenters. The minimum absolute atomic E-state index is 0.228. The molecule has 0 bridgehead atoms. The summed E-state index contributed by atoms with van der Waals surface area (Å²) in [6, 6.07) is 4.82. The van der Waals surface area contributed by atoms with E-state index in [4.69, 9.17) is 26.8 Å². The quantitative estimate of drug-likeness (QED) is 0.581. The molecule has 0 amide bonds. The Hall–Kier alpha value is -2.31. The molecule has 6 nitrogen and oxygen atoms in total. The fraction of sp³-hybridized carbons (Fsp3) is 0.333. The van der Waals surface area contributed by atoms with E-state index in [1.807, 2.05) is 0 Å². The van der Waals surface area contributed by atoms with Gasteiger partial charge in [0, 0.05) is 23.4 Å². The van der Waals surface area contributed by atoms with Crippen molar-refractivity contribution >= 4 is 23.4 Å². The normalized spacial score (nSPS) is 10.6. The second kappa shape index (κ2) is 8.18. The number of hydrogen-bond acceptors (Lipinski definition) is 5. The highest BCUT2D eigenvalue weighted by Gasteiger charge is 2.24. The number of nitrogens with one attached hydrogen (secondary N) is 1. The molecule has 1 aromatic heterocycles. The van der Waals surface area contributed by atoms with Crippen molar-refractivity contribution < 1.29 is 19.1 Å². The number of esters is 1. The van der Waals surface area contributed by atoms with E-state index in [0.717, 1.165) is 0 Å². The molecule has 1 heterocycles. The average Bonchev–Trinajstić information content (AvgIpc) is 2.88. The van der Waals surface area contributed by atoms with Crippen molar-refractivity contribution in [2.45, 2.75) is 20.8 Å². The predicted molar refractivity (Wildman–Crippen MR) is 95.7 cm³/mol. The van der Waals surface area contributed by atoms with Crippen LogP contribution >= 0.6 is 11.6 Å². The number of benzene rings is 1. The number of aromatic amines is 1. The lowest BCUT2D eigenvalue weighted by molar-refractivity contribution is 0.0519. The molecule has 3 N–H and O–H groups in total. The molecule has 7 heteroatoms. The summed E-state index contributed by atoms with van der Waals surface area (Å²) in [7, 11) is 0. The molecule has 0 aliphatic rings. The van der Waals surface area contributed by atoms with Crippen molar-refractivity contribution in [2.75, 3.05) is 19.8 Å². The van der Waals surface area contributed by atoms with Crippen LogP contribution in [0.25, 0.3) is 0 Å². The van der Waals surface area contributed by atoms with Crippen LogP contribution in [0.4, 0.5) is 0 Å². The van der Waals surface area contributed by atoms with Crippen molar-refractivity contribution in [3.63, 3.8) is 0 Å². The van der Waals surface area contributed by atoms with Crippen LogP contribution in [-0.2, 0) is 4.74 Å². The minimum Gasteiger partial charge on any atom is -0.491 e. The third-order valence-corrected chi connectivity index (χ3v) is 4.01. The van der Waals surface area contributed by atoms with Gasteiger partial charge in [0.05, 0.1) is 11.6 Å². The summed E-state index contributed by atoms with van der Waals surface area (Å²) in [5.74, 6) is -0.238. The number of ketones is 1. The number of ether oxygens (including phenoxy) is 2. The Morgan fingerprint density at radius 3 is 2.60 bits per heavy atom. The van der Waals surface area contributed by atoms with Crippen molar-refractivity contribution in [1.82, 2.24) is 4.98 Å². The van der Waals surface area contributed by atoms with Gasteiger partial charge in [-0.3, -0.25) is 4.79 Å².